The number of benzene rings is 5. The van der Waals surface area contributed by atoms with Gasteiger partial charge in [-0.15, -0.1) is 0 Å². The molecule has 2 nitrogen and oxygen atoms in total. The number of halogens is 5. The first-order valence-electron chi connectivity index (χ1n) is 10.5. The van der Waals surface area contributed by atoms with Crippen LogP contribution in [0.15, 0.2) is 66.7 Å². The van der Waals surface area contributed by atoms with E-state index in [-0.39, 0.29) is 32.9 Å². The third kappa shape index (κ3) is 3.64. The lowest BCUT2D eigenvalue weighted by molar-refractivity contribution is 0.407. The second kappa shape index (κ2) is 8.58. The van der Waals surface area contributed by atoms with Crippen LogP contribution < -0.4 is 9.47 Å². The molecule has 5 aromatic carbocycles. The van der Waals surface area contributed by atoms with Crippen molar-refractivity contribution in [3.8, 4) is 33.8 Å². The van der Waals surface area contributed by atoms with Crippen LogP contribution in [-0.4, -0.2) is 14.2 Å². The van der Waals surface area contributed by atoms with Gasteiger partial charge in [-0.1, -0.05) is 24.3 Å². The zero-order valence-electron chi connectivity index (χ0n) is 18.6. The quantitative estimate of drug-likeness (QED) is 0.191. The minimum Gasteiger partial charge on any atom is -0.497 e. The normalized spacial score (nSPS) is 11.3. The van der Waals surface area contributed by atoms with Crippen molar-refractivity contribution in [3.63, 3.8) is 0 Å². The SMILES string of the molecule is COc1ccc(-c2c3cc(F)c(F)cc3c(-c3c(F)cc(OC)cc3F)c3c(F)cccc23)cc1. The Morgan fingerprint density at radius 2 is 1.06 bits per heavy atom. The van der Waals surface area contributed by atoms with Crippen LogP contribution in [0.5, 0.6) is 11.5 Å². The average molecular weight is 480 g/mol. The van der Waals surface area contributed by atoms with E-state index in [9.17, 15) is 8.78 Å². The largest absolute Gasteiger partial charge is 0.497 e. The Morgan fingerprint density at radius 3 is 1.63 bits per heavy atom. The monoisotopic (exact) mass is 480 g/mol. The maximum absolute atomic E-state index is 15.4. The van der Waals surface area contributed by atoms with Crippen LogP contribution in [0.1, 0.15) is 0 Å². The maximum atomic E-state index is 15.4. The van der Waals surface area contributed by atoms with Crippen LogP contribution in [0.4, 0.5) is 22.0 Å². The molecule has 176 valence electrons. The Hall–Kier alpha value is -4.13. The molecule has 0 atom stereocenters. The van der Waals surface area contributed by atoms with Gasteiger partial charge in [0.05, 0.1) is 19.8 Å². The fraction of sp³-hybridized carbons (Fsp3) is 0.0714. The number of rotatable bonds is 4. The van der Waals surface area contributed by atoms with Crippen LogP contribution in [0.3, 0.4) is 0 Å². The third-order valence-corrected chi connectivity index (χ3v) is 6.01. The molecule has 0 amide bonds. The number of ether oxygens (including phenoxy) is 2. The number of hydrogen-bond acceptors (Lipinski definition) is 2. The van der Waals surface area contributed by atoms with Gasteiger partial charge in [0, 0.05) is 23.1 Å². The molecule has 0 saturated heterocycles. The first kappa shape index (κ1) is 22.7. The topological polar surface area (TPSA) is 18.5 Å². The molecule has 7 heteroatoms. The molecule has 0 unspecified atom stereocenters. The zero-order chi connectivity index (χ0) is 24.9. The van der Waals surface area contributed by atoms with Crippen LogP contribution >= 0.6 is 0 Å². The Labute approximate surface area is 197 Å². The van der Waals surface area contributed by atoms with Gasteiger partial charge >= 0.3 is 0 Å². The van der Waals surface area contributed by atoms with E-state index in [1.165, 1.54) is 20.3 Å². The summed E-state index contributed by atoms with van der Waals surface area (Å²) in [5.74, 6) is -4.73. The summed E-state index contributed by atoms with van der Waals surface area (Å²) in [6, 6.07) is 14.6. The Kier molecular flexibility index (Phi) is 5.55. The molecule has 0 aliphatic heterocycles. The van der Waals surface area contributed by atoms with E-state index in [1.54, 1.807) is 30.3 Å². The first-order valence-corrected chi connectivity index (χ1v) is 10.5. The first-order chi connectivity index (χ1) is 16.8. The predicted molar refractivity (Wildman–Crippen MR) is 125 cm³/mol. The molecule has 0 aliphatic rings. The Morgan fingerprint density at radius 1 is 0.486 bits per heavy atom. The number of fused-ring (bicyclic) bond motifs is 2. The van der Waals surface area contributed by atoms with Gasteiger partial charge in [0.2, 0.25) is 0 Å². The molecule has 5 aromatic rings. The zero-order valence-corrected chi connectivity index (χ0v) is 18.6. The minimum absolute atomic E-state index is 0.0460. The Bertz CT molecular complexity index is 1590. The van der Waals surface area contributed by atoms with E-state index in [2.05, 4.69) is 0 Å². The summed E-state index contributed by atoms with van der Waals surface area (Å²) in [6.07, 6.45) is 0. The van der Waals surface area contributed by atoms with Crippen molar-refractivity contribution in [3.05, 3.63) is 95.8 Å². The summed E-state index contributed by atoms with van der Waals surface area (Å²) in [5.41, 5.74) is 0.147. The smallest absolute Gasteiger partial charge is 0.159 e. The van der Waals surface area contributed by atoms with E-state index in [1.807, 2.05) is 0 Å². The molecule has 0 saturated carbocycles. The summed E-state index contributed by atoms with van der Waals surface area (Å²) in [4.78, 5) is 0. The molecule has 0 N–H and O–H groups in total. The maximum Gasteiger partial charge on any atom is 0.159 e. The second-order valence-corrected chi connectivity index (χ2v) is 7.92. The fourth-order valence-corrected chi connectivity index (χ4v) is 4.46. The molecular weight excluding hydrogens is 463 g/mol. The summed E-state index contributed by atoms with van der Waals surface area (Å²) in [5, 5.41) is 0.269. The van der Waals surface area contributed by atoms with Crippen molar-refractivity contribution in [1.29, 1.82) is 0 Å². The Balaban J connectivity index is 2.03. The molecular formula is C28H17F5O2. The van der Waals surface area contributed by atoms with Gasteiger partial charge in [0.15, 0.2) is 11.6 Å². The van der Waals surface area contributed by atoms with E-state index >= 15 is 13.2 Å². The lowest BCUT2D eigenvalue weighted by Crippen LogP contribution is -1.99. The molecule has 0 aromatic heterocycles. The molecule has 0 fully saturated rings. The van der Waals surface area contributed by atoms with Crippen LogP contribution in [0, 0.1) is 29.1 Å². The number of hydrogen-bond donors (Lipinski definition) is 0. The van der Waals surface area contributed by atoms with Crippen molar-refractivity contribution >= 4 is 21.5 Å². The standard InChI is InChI=1S/C28H17F5O2/c1-34-15-8-6-14(7-9-15)25-17-4-3-5-20(29)26(17)27(19-13-22(31)21(30)12-18(19)25)28-23(32)10-16(35-2)11-24(28)33/h3-13H,1-2H3. The van der Waals surface area contributed by atoms with Crippen molar-refractivity contribution in [2.75, 3.05) is 14.2 Å². The summed E-state index contributed by atoms with van der Waals surface area (Å²) in [7, 11) is 2.75. The minimum atomic E-state index is -1.23. The molecule has 0 spiro atoms. The van der Waals surface area contributed by atoms with E-state index in [4.69, 9.17) is 9.47 Å². The summed E-state index contributed by atoms with van der Waals surface area (Å²) < 4.78 is 85.0. The van der Waals surface area contributed by atoms with Crippen molar-refractivity contribution < 1.29 is 31.4 Å². The average Bonchev–Trinajstić information content (AvgIpc) is 2.84. The van der Waals surface area contributed by atoms with E-state index in [0.717, 1.165) is 30.3 Å². The highest BCUT2D eigenvalue weighted by molar-refractivity contribution is 6.21. The molecule has 0 aliphatic carbocycles. The predicted octanol–water partition coefficient (Wildman–Crippen LogP) is 8.04. The number of methoxy groups -OCH3 is 2. The highest BCUT2D eigenvalue weighted by Gasteiger charge is 2.25. The van der Waals surface area contributed by atoms with Gasteiger partial charge in [-0.25, -0.2) is 22.0 Å². The summed E-state index contributed by atoms with van der Waals surface area (Å²) in [6.45, 7) is 0. The lowest BCUT2D eigenvalue weighted by atomic mass is 9.85. The fourth-order valence-electron chi connectivity index (χ4n) is 4.46. The van der Waals surface area contributed by atoms with Crippen LogP contribution in [0.25, 0.3) is 43.8 Å². The molecule has 35 heavy (non-hydrogen) atoms. The van der Waals surface area contributed by atoms with Gasteiger partial charge in [0.1, 0.15) is 29.0 Å². The lowest BCUT2D eigenvalue weighted by Gasteiger charge is -2.19. The van der Waals surface area contributed by atoms with Crippen molar-refractivity contribution in [1.82, 2.24) is 0 Å². The highest BCUT2D eigenvalue weighted by Crippen LogP contribution is 2.46. The second-order valence-electron chi connectivity index (χ2n) is 7.92. The van der Waals surface area contributed by atoms with Crippen LogP contribution in [0.2, 0.25) is 0 Å². The van der Waals surface area contributed by atoms with Gasteiger partial charge in [0.25, 0.3) is 0 Å². The highest BCUT2D eigenvalue weighted by atomic mass is 19.2. The van der Waals surface area contributed by atoms with Gasteiger partial charge in [-0.2, -0.15) is 0 Å². The van der Waals surface area contributed by atoms with E-state index < -0.39 is 34.6 Å². The van der Waals surface area contributed by atoms with Crippen molar-refractivity contribution in [2.24, 2.45) is 0 Å². The molecule has 0 radical (unpaired) electrons. The summed E-state index contributed by atoms with van der Waals surface area (Å²) >= 11 is 0. The molecule has 0 bridgehead atoms. The van der Waals surface area contributed by atoms with Crippen LogP contribution in [-0.2, 0) is 0 Å². The molecule has 5 rings (SSSR count). The van der Waals surface area contributed by atoms with Gasteiger partial charge < -0.3 is 9.47 Å². The van der Waals surface area contributed by atoms with Gasteiger partial charge in [-0.3, -0.25) is 0 Å². The molecule has 0 heterocycles. The van der Waals surface area contributed by atoms with E-state index in [0.29, 0.717) is 16.9 Å². The van der Waals surface area contributed by atoms with Gasteiger partial charge in [-0.05, 0) is 57.6 Å². The third-order valence-electron chi connectivity index (χ3n) is 6.01. The van der Waals surface area contributed by atoms with Crippen molar-refractivity contribution in [2.45, 2.75) is 0 Å².